The molecule has 1 aliphatic rings. The average Bonchev–Trinajstić information content (AvgIpc) is 3.20. The molecule has 1 fully saturated rings. The Bertz CT molecular complexity index is 905. The van der Waals surface area contributed by atoms with E-state index in [1.54, 1.807) is 17.5 Å². The second kappa shape index (κ2) is 7.25. The summed E-state index contributed by atoms with van der Waals surface area (Å²) in [6.07, 6.45) is 1.56. The van der Waals surface area contributed by atoms with Gasteiger partial charge in [-0.2, -0.15) is 0 Å². The number of thiophene rings is 1. The van der Waals surface area contributed by atoms with Gasteiger partial charge in [0.1, 0.15) is 4.90 Å². The fourth-order valence-corrected chi connectivity index (χ4v) is 4.53. The molecule has 3 rings (SSSR count). The number of esters is 1. The summed E-state index contributed by atoms with van der Waals surface area (Å²) in [4.78, 5) is 24.3. The van der Waals surface area contributed by atoms with Gasteiger partial charge in [-0.3, -0.25) is 4.79 Å². The molecule has 0 aliphatic heterocycles. The summed E-state index contributed by atoms with van der Waals surface area (Å²) < 4.78 is 32.1. The maximum Gasteiger partial charge on any atom is 0.338 e. The molecule has 0 amide bonds. The van der Waals surface area contributed by atoms with Crippen LogP contribution in [0.3, 0.4) is 0 Å². The predicted molar refractivity (Wildman–Crippen MR) is 93.7 cm³/mol. The number of carbonyl (C=O) groups is 2. The molecule has 1 N–H and O–H groups in total. The highest BCUT2D eigenvalue weighted by Crippen LogP contribution is 2.27. The zero-order chi connectivity index (χ0) is 18.0. The first-order valence-corrected chi connectivity index (χ1v) is 10.2. The van der Waals surface area contributed by atoms with E-state index in [0.29, 0.717) is 4.88 Å². The smallest absolute Gasteiger partial charge is 0.338 e. The molecule has 0 spiro atoms. The topological polar surface area (TPSA) is 89.5 Å². The Morgan fingerprint density at radius 2 is 2.04 bits per heavy atom. The Balaban J connectivity index is 1.72. The average molecular weight is 400 g/mol. The summed E-state index contributed by atoms with van der Waals surface area (Å²) in [7, 11) is -3.81. The lowest BCUT2D eigenvalue weighted by Gasteiger charge is -2.09. The van der Waals surface area contributed by atoms with Crippen molar-refractivity contribution in [3.05, 3.63) is 51.2 Å². The van der Waals surface area contributed by atoms with Gasteiger partial charge in [-0.1, -0.05) is 17.7 Å². The van der Waals surface area contributed by atoms with E-state index in [1.807, 2.05) is 0 Å². The van der Waals surface area contributed by atoms with Crippen LogP contribution in [0.15, 0.2) is 40.6 Å². The number of sulfonamides is 1. The maximum absolute atomic E-state index is 12.3. The second-order valence-electron chi connectivity index (χ2n) is 5.52. The monoisotopic (exact) mass is 399 g/mol. The number of ketones is 1. The van der Waals surface area contributed by atoms with Crippen molar-refractivity contribution in [2.45, 2.75) is 23.8 Å². The number of hydrogen-bond donors (Lipinski definition) is 1. The minimum absolute atomic E-state index is 0.0133. The van der Waals surface area contributed by atoms with E-state index in [9.17, 15) is 18.0 Å². The number of Topliss-reactive ketones (excluding diaryl/α,β-unsaturated/α-hetero) is 1. The van der Waals surface area contributed by atoms with Gasteiger partial charge < -0.3 is 4.74 Å². The number of rotatable bonds is 7. The molecule has 0 saturated heterocycles. The number of carbonyl (C=O) groups excluding carboxylic acids is 2. The van der Waals surface area contributed by atoms with Crippen LogP contribution in [-0.4, -0.2) is 32.8 Å². The highest BCUT2D eigenvalue weighted by molar-refractivity contribution is 7.89. The third-order valence-electron chi connectivity index (χ3n) is 3.49. The Hall–Kier alpha value is -1.74. The van der Waals surface area contributed by atoms with Crippen LogP contribution >= 0.6 is 22.9 Å². The molecule has 0 bridgehead atoms. The molecule has 9 heteroatoms. The quantitative estimate of drug-likeness (QED) is 0.571. The minimum atomic E-state index is -3.81. The minimum Gasteiger partial charge on any atom is -0.454 e. The van der Waals surface area contributed by atoms with Crippen molar-refractivity contribution >= 4 is 44.7 Å². The molecule has 1 heterocycles. The zero-order valence-corrected chi connectivity index (χ0v) is 15.3. The largest absolute Gasteiger partial charge is 0.454 e. The Morgan fingerprint density at radius 1 is 1.28 bits per heavy atom. The summed E-state index contributed by atoms with van der Waals surface area (Å²) in [6, 6.07) is 7.11. The van der Waals surface area contributed by atoms with E-state index in [4.69, 9.17) is 16.3 Å². The third kappa shape index (κ3) is 4.46. The van der Waals surface area contributed by atoms with E-state index in [2.05, 4.69) is 4.72 Å². The zero-order valence-electron chi connectivity index (χ0n) is 12.9. The molecule has 1 aromatic heterocycles. The van der Waals surface area contributed by atoms with Crippen molar-refractivity contribution in [2.24, 2.45) is 0 Å². The van der Waals surface area contributed by atoms with Crippen molar-refractivity contribution in [3.8, 4) is 0 Å². The van der Waals surface area contributed by atoms with Crippen molar-refractivity contribution in [3.63, 3.8) is 0 Å². The summed E-state index contributed by atoms with van der Waals surface area (Å²) >= 11 is 7.21. The second-order valence-corrected chi connectivity index (χ2v) is 8.55. The van der Waals surface area contributed by atoms with Gasteiger partial charge >= 0.3 is 5.97 Å². The standard InChI is InChI=1S/C16H14ClNO5S2/c17-12-6-3-10(8-15(12)25(21,22)18-11-4-5-11)16(20)23-9-13(19)14-2-1-7-24-14/h1-3,6-8,11,18H,4-5,9H2. The van der Waals surface area contributed by atoms with Crippen molar-refractivity contribution in [1.29, 1.82) is 0 Å². The molecule has 0 unspecified atom stereocenters. The first-order valence-electron chi connectivity index (χ1n) is 7.42. The lowest BCUT2D eigenvalue weighted by Crippen LogP contribution is -2.26. The van der Waals surface area contributed by atoms with Crippen LogP contribution in [0.2, 0.25) is 5.02 Å². The molecule has 0 radical (unpaired) electrons. The molecule has 2 aromatic rings. The van der Waals surface area contributed by atoms with Crippen LogP contribution in [0.1, 0.15) is 32.9 Å². The number of benzene rings is 1. The van der Waals surface area contributed by atoms with E-state index in [-0.39, 0.29) is 27.3 Å². The van der Waals surface area contributed by atoms with Crippen LogP contribution in [0.5, 0.6) is 0 Å². The van der Waals surface area contributed by atoms with E-state index < -0.39 is 22.6 Å². The van der Waals surface area contributed by atoms with Crippen molar-refractivity contribution in [1.82, 2.24) is 4.72 Å². The Morgan fingerprint density at radius 3 is 2.68 bits per heavy atom. The fourth-order valence-electron chi connectivity index (χ4n) is 2.04. The van der Waals surface area contributed by atoms with E-state index in [0.717, 1.165) is 18.9 Å². The molecule has 25 heavy (non-hydrogen) atoms. The predicted octanol–water partition coefficient (Wildman–Crippen LogP) is 2.88. The van der Waals surface area contributed by atoms with Crippen LogP contribution in [-0.2, 0) is 14.8 Å². The van der Waals surface area contributed by atoms with Crippen LogP contribution in [0, 0.1) is 0 Å². The SMILES string of the molecule is O=C(OCC(=O)c1cccs1)c1ccc(Cl)c(S(=O)(=O)NC2CC2)c1. The maximum atomic E-state index is 12.3. The number of halogens is 1. The first kappa shape index (κ1) is 18.1. The fraction of sp³-hybridized carbons (Fsp3) is 0.250. The van der Waals surface area contributed by atoms with E-state index >= 15 is 0 Å². The highest BCUT2D eigenvalue weighted by atomic mass is 35.5. The van der Waals surface area contributed by atoms with Gasteiger partial charge in [0.05, 0.1) is 15.5 Å². The summed E-state index contributed by atoms with van der Waals surface area (Å²) in [5.41, 5.74) is 0.0135. The lowest BCUT2D eigenvalue weighted by atomic mass is 10.2. The van der Waals surface area contributed by atoms with Gasteiger partial charge in [0.15, 0.2) is 6.61 Å². The summed E-state index contributed by atoms with van der Waals surface area (Å²) in [5.74, 6) is -1.11. The lowest BCUT2D eigenvalue weighted by molar-refractivity contribution is 0.0475. The van der Waals surface area contributed by atoms with Gasteiger partial charge in [-0.25, -0.2) is 17.9 Å². The van der Waals surface area contributed by atoms with Gasteiger partial charge in [0, 0.05) is 6.04 Å². The molecule has 0 atom stereocenters. The van der Waals surface area contributed by atoms with Gasteiger partial charge in [0.2, 0.25) is 15.8 Å². The Labute approximate surface area is 153 Å². The van der Waals surface area contributed by atoms with Crippen LogP contribution < -0.4 is 4.72 Å². The summed E-state index contributed by atoms with van der Waals surface area (Å²) in [5, 5.41) is 1.76. The molecule has 1 saturated carbocycles. The molecule has 132 valence electrons. The normalized spacial score (nSPS) is 14.3. The van der Waals surface area contributed by atoms with E-state index in [1.165, 1.54) is 23.5 Å². The highest BCUT2D eigenvalue weighted by Gasteiger charge is 2.29. The van der Waals surface area contributed by atoms with Crippen LogP contribution in [0.25, 0.3) is 0 Å². The molecule has 1 aliphatic carbocycles. The van der Waals surface area contributed by atoms with Crippen molar-refractivity contribution < 1.29 is 22.7 Å². The molecule has 1 aromatic carbocycles. The number of nitrogens with one attached hydrogen (secondary N) is 1. The Kier molecular flexibility index (Phi) is 5.24. The van der Waals surface area contributed by atoms with Crippen LogP contribution in [0.4, 0.5) is 0 Å². The van der Waals surface area contributed by atoms with Gasteiger partial charge in [0.25, 0.3) is 0 Å². The number of hydrogen-bond acceptors (Lipinski definition) is 6. The number of ether oxygens (including phenoxy) is 1. The van der Waals surface area contributed by atoms with Crippen molar-refractivity contribution in [2.75, 3.05) is 6.61 Å². The van der Waals surface area contributed by atoms with Gasteiger partial charge in [-0.05, 0) is 42.5 Å². The first-order chi connectivity index (χ1) is 11.9. The molecule has 6 nitrogen and oxygen atoms in total. The molecular formula is C16H14ClNO5S2. The molecular weight excluding hydrogens is 386 g/mol. The van der Waals surface area contributed by atoms with Gasteiger partial charge in [-0.15, -0.1) is 11.3 Å². The summed E-state index contributed by atoms with van der Waals surface area (Å²) in [6.45, 7) is -0.412. The third-order valence-corrected chi connectivity index (χ3v) is 6.40.